The van der Waals surface area contributed by atoms with Crippen LogP contribution in [-0.2, 0) is 30.5 Å². The molecule has 10 heteroatoms. The van der Waals surface area contributed by atoms with Crippen LogP contribution in [0.2, 0.25) is 5.02 Å². The standard InChI is InChI=1S/C13H19ClN2O5S2/c14-13-3-1-12(2-4-13)11-22(17,18)15-5-10-23(19,20)16-6-8-21-9-7-16/h1-4,15H,5-11H2. The highest BCUT2D eigenvalue weighted by atomic mass is 35.5. The quantitative estimate of drug-likeness (QED) is 0.737. The average molecular weight is 383 g/mol. The van der Waals surface area contributed by atoms with Crippen molar-refractivity contribution in [2.45, 2.75) is 5.75 Å². The Morgan fingerprint density at radius 3 is 2.30 bits per heavy atom. The Bertz CT molecular complexity index is 713. The van der Waals surface area contributed by atoms with Gasteiger partial charge >= 0.3 is 0 Å². The van der Waals surface area contributed by atoms with E-state index in [4.69, 9.17) is 16.3 Å². The smallest absolute Gasteiger partial charge is 0.215 e. The van der Waals surface area contributed by atoms with E-state index in [9.17, 15) is 16.8 Å². The monoisotopic (exact) mass is 382 g/mol. The number of rotatable bonds is 7. The molecule has 1 N–H and O–H groups in total. The number of ether oxygens (including phenoxy) is 1. The summed E-state index contributed by atoms with van der Waals surface area (Å²) in [5.74, 6) is -0.491. The van der Waals surface area contributed by atoms with E-state index >= 15 is 0 Å². The Hall–Kier alpha value is -0.710. The van der Waals surface area contributed by atoms with Crippen LogP contribution in [0.3, 0.4) is 0 Å². The van der Waals surface area contributed by atoms with Gasteiger partial charge in [0.2, 0.25) is 20.0 Å². The van der Waals surface area contributed by atoms with Gasteiger partial charge in [-0.3, -0.25) is 0 Å². The molecule has 2 rings (SSSR count). The second-order valence-electron chi connectivity index (χ2n) is 5.11. The van der Waals surface area contributed by atoms with Gasteiger partial charge in [0, 0.05) is 24.7 Å². The van der Waals surface area contributed by atoms with Gasteiger partial charge in [0.05, 0.1) is 24.7 Å². The van der Waals surface area contributed by atoms with E-state index in [1.165, 1.54) is 4.31 Å². The lowest BCUT2D eigenvalue weighted by Gasteiger charge is -2.26. The Labute approximate surface area is 141 Å². The van der Waals surface area contributed by atoms with E-state index in [1.54, 1.807) is 24.3 Å². The molecule has 0 aromatic heterocycles. The van der Waals surface area contributed by atoms with Crippen LogP contribution in [-0.4, -0.2) is 59.7 Å². The molecule has 130 valence electrons. The molecule has 1 aromatic rings. The van der Waals surface area contributed by atoms with Crippen molar-refractivity contribution in [1.82, 2.24) is 9.03 Å². The summed E-state index contributed by atoms with van der Waals surface area (Å²) < 4.78 is 56.9. The van der Waals surface area contributed by atoms with Crippen LogP contribution in [0.1, 0.15) is 5.56 Å². The SMILES string of the molecule is O=S(=O)(Cc1ccc(Cl)cc1)NCCS(=O)(=O)N1CCOCC1. The summed E-state index contributed by atoms with van der Waals surface area (Å²) in [6.07, 6.45) is 0. The number of nitrogens with zero attached hydrogens (tertiary/aromatic N) is 1. The van der Waals surface area contributed by atoms with E-state index in [1.807, 2.05) is 0 Å². The molecule has 0 spiro atoms. The van der Waals surface area contributed by atoms with Gasteiger partial charge in [-0.2, -0.15) is 4.31 Å². The fourth-order valence-electron chi connectivity index (χ4n) is 2.13. The van der Waals surface area contributed by atoms with Crippen LogP contribution in [0.4, 0.5) is 0 Å². The van der Waals surface area contributed by atoms with Gasteiger partial charge < -0.3 is 4.74 Å². The van der Waals surface area contributed by atoms with Gasteiger partial charge in [-0.1, -0.05) is 23.7 Å². The van der Waals surface area contributed by atoms with Crippen LogP contribution in [0.25, 0.3) is 0 Å². The predicted octanol–water partition coefficient (Wildman–Crippen LogP) is 0.421. The van der Waals surface area contributed by atoms with Crippen LogP contribution in [0, 0.1) is 0 Å². The molecule has 0 amide bonds. The minimum atomic E-state index is -3.60. The highest BCUT2D eigenvalue weighted by Crippen LogP contribution is 2.11. The number of hydrogen-bond acceptors (Lipinski definition) is 5. The molecular weight excluding hydrogens is 364 g/mol. The van der Waals surface area contributed by atoms with Gasteiger partial charge in [-0.25, -0.2) is 21.6 Å². The van der Waals surface area contributed by atoms with Crippen LogP contribution in [0.5, 0.6) is 0 Å². The van der Waals surface area contributed by atoms with Crippen molar-refractivity contribution in [1.29, 1.82) is 0 Å². The van der Waals surface area contributed by atoms with Gasteiger partial charge in [-0.05, 0) is 17.7 Å². The van der Waals surface area contributed by atoms with Crippen LogP contribution < -0.4 is 4.72 Å². The highest BCUT2D eigenvalue weighted by molar-refractivity contribution is 7.89. The Morgan fingerprint density at radius 1 is 1.09 bits per heavy atom. The van der Waals surface area contributed by atoms with Crippen molar-refractivity contribution < 1.29 is 21.6 Å². The first-order valence-corrected chi connectivity index (χ1v) is 10.7. The minimum absolute atomic E-state index is 0.157. The molecule has 1 aromatic carbocycles. The van der Waals surface area contributed by atoms with E-state index in [0.29, 0.717) is 36.9 Å². The molecule has 1 aliphatic rings. The maximum Gasteiger partial charge on any atom is 0.215 e. The molecule has 0 bridgehead atoms. The number of hydrogen-bond donors (Lipinski definition) is 1. The first kappa shape index (κ1) is 18.6. The van der Waals surface area contributed by atoms with Crippen LogP contribution >= 0.6 is 11.6 Å². The molecule has 0 aliphatic carbocycles. The highest BCUT2D eigenvalue weighted by Gasteiger charge is 2.24. The molecule has 0 radical (unpaired) electrons. The second kappa shape index (κ2) is 7.91. The van der Waals surface area contributed by atoms with Crippen molar-refractivity contribution in [3.05, 3.63) is 34.9 Å². The lowest BCUT2D eigenvalue weighted by molar-refractivity contribution is 0.0730. The average Bonchev–Trinajstić information content (AvgIpc) is 2.50. The summed E-state index contributed by atoms with van der Waals surface area (Å²) in [4.78, 5) is 0. The molecule has 0 unspecified atom stereocenters. The third-order valence-corrected chi connectivity index (χ3v) is 6.80. The predicted molar refractivity (Wildman–Crippen MR) is 88.3 cm³/mol. The molecule has 1 aliphatic heterocycles. The van der Waals surface area contributed by atoms with Gasteiger partial charge in [0.25, 0.3) is 0 Å². The van der Waals surface area contributed by atoms with Crippen molar-refractivity contribution in [2.75, 3.05) is 38.6 Å². The summed E-state index contributed by atoms with van der Waals surface area (Å²) in [6.45, 7) is 1.18. The summed E-state index contributed by atoms with van der Waals surface area (Å²) >= 11 is 5.75. The van der Waals surface area contributed by atoms with Gasteiger partial charge in [0.15, 0.2) is 0 Å². The molecule has 0 atom stereocenters. The molecular formula is C13H19ClN2O5S2. The van der Waals surface area contributed by atoms with Gasteiger partial charge in [-0.15, -0.1) is 0 Å². The van der Waals surface area contributed by atoms with E-state index in [2.05, 4.69) is 4.72 Å². The first-order valence-electron chi connectivity index (χ1n) is 7.06. The van der Waals surface area contributed by atoms with E-state index < -0.39 is 20.0 Å². The van der Waals surface area contributed by atoms with E-state index in [-0.39, 0.29) is 18.1 Å². The molecule has 1 saturated heterocycles. The number of nitrogens with one attached hydrogen (secondary N) is 1. The molecule has 7 nitrogen and oxygen atoms in total. The third kappa shape index (κ3) is 6.02. The lowest BCUT2D eigenvalue weighted by Crippen LogP contribution is -2.43. The minimum Gasteiger partial charge on any atom is -0.379 e. The van der Waals surface area contributed by atoms with Crippen LogP contribution in [0.15, 0.2) is 24.3 Å². The maximum absolute atomic E-state index is 12.1. The summed E-state index contributed by atoms with van der Waals surface area (Å²) in [7, 11) is -7.08. The summed E-state index contributed by atoms with van der Waals surface area (Å²) in [5, 5.41) is 0.524. The van der Waals surface area contributed by atoms with E-state index in [0.717, 1.165) is 0 Å². The van der Waals surface area contributed by atoms with Crippen molar-refractivity contribution in [2.24, 2.45) is 0 Å². The summed E-state index contributed by atoms with van der Waals surface area (Å²) in [5.41, 5.74) is 0.581. The Morgan fingerprint density at radius 2 is 1.70 bits per heavy atom. The lowest BCUT2D eigenvalue weighted by atomic mass is 10.2. The fraction of sp³-hybridized carbons (Fsp3) is 0.538. The summed E-state index contributed by atoms with van der Waals surface area (Å²) in [6, 6.07) is 6.45. The Balaban J connectivity index is 1.85. The zero-order chi connectivity index (χ0) is 16.9. The first-order chi connectivity index (χ1) is 10.8. The van der Waals surface area contributed by atoms with Crippen molar-refractivity contribution in [3.63, 3.8) is 0 Å². The molecule has 1 heterocycles. The Kier molecular flexibility index (Phi) is 6.40. The number of morpholine rings is 1. The van der Waals surface area contributed by atoms with Crippen molar-refractivity contribution in [3.8, 4) is 0 Å². The second-order valence-corrected chi connectivity index (χ2v) is 9.44. The maximum atomic E-state index is 12.1. The topological polar surface area (TPSA) is 92.8 Å². The zero-order valence-electron chi connectivity index (χ0n) is 12.4. The molecule has 1 fully saturated rings. The number of halogens is 1. The molecule has 23 heavy (non-hydrogen) atoms. The normalized spacial score (nSPS) is 17.3. The number of benzene rings is 1. The van der Waals surface area contributed by atoms with Gasteiger partial charge in [0.1, 0.15) is 0 Å². The third-order valence-electron chi connectivity index (χ3n) is 3.32. The largest absolute Gasteiger partial charge is 0.379 e. The van der Waals surface area contributed by atoms with Crippen molar-refractivity contribution >= 4 is 31.6 Å². The number of sulfonamides is 2. The fourth-order valence-corrected chi connectivity index (χ4v) is 4.86. The zero-order valence-corrected chi connectivity index (χ0v) is 14.8. The molecule has 0 saturated carbocycles.